The molecule has 0 radical (unpaired) electrons. The minimum Gasteiger partial charge on any atom is -0.305 e. The quantitative estimate of drug-likeness (QED) is 0.685. The predicted molar refractivity (Wildman–Crippen MR) is 62.6 cm³/mol. The molecule has 0 N–H and O–H groups in total. The van der Waals surface area contributed by atoms with Gasteiger partial charge in [0.05, 0.1) is 0 Å². The van der Waals surface area contributed by atoms with Crippen molar-refractivity contribution in [2.75, 3.05) is 20.6 Å². The molecule has 2 nitrogen and oxygen atoms in total. The van der Waals surface area contributed by atoms with E-state index >= 15 is 0 Å². The summed E-state index contributed by atoms with van der Waals surface area (Å²) in [5.41, 5.74) is 0. The summed E-state index contributed by atoms with van der Waals surface area (Å²) in [5.74, 6) is 0.757. The molecule has 1 aliphatic heterocycles. The Balaban J connectivity index is 2.74. The van der Waals surface area contributed by atoms with Gasteiger partial charge in [-0.2, -0.15) is 0 Å². The minimum absolute atomic E-state index is 0.687. The minimum atomic E-state index is 0.687. The fourth-order valence-electron chi connectivity index (χ4n) is 2.82. The highest BCUT2D eigenvalue weighted by atomic mass is 15.3. The van der Waals surface area contributed by atoms with Gasteiger partial charge in [-0.05, 0) is 40.3 Å². The van der Waals surface area contributed by atoms with E-state index in [9.17, 15) is 0 Å². The first-order valence-corrected chi connectivity index (χ1v) is 5.87. The van der Waals surface area contributed by atoms with E-state index in [1.807, 2.05) is 0 Å². The number of likely N-dealkylation sites (N-methyl/N-ethyl adjacent to an activating group) is 1. The van der Waals surface area contributed by atoms with E-state index in [1.54, 1.807) is 0 Å². The topological polar surface area (TPSA) is 6.48 Å². The van der Waals surface area contributed by atoms with Crippen LogP contribution >= 0.6 is 0 Å². The van der Waals surface area contributed by atoms with E-state index in [2.05, 4.69) is 51.6 Å². The van der Waals surface area contributed by atoms with Crippen molar-refractivity contribution in [3.63, 3.8) is 0 Å². The van der Waals surface area contributed by atoms with Crippen LogP contribution < -0.4 is 0 Å². The van der Waals surface area contributed by atoms with Gasteiger partial charge < -0.3 is 4.90 Å². The fraction of sp³-hybridized carbons (Fsp3) is 1.00. The van der Waals surface area contributed by atoms with E-state index in [0.717, 1.165) is 18.0 Å². The molecule has 0 aromatic carbocycles. The maximum Gasteiger partial charge on any atom is 0.0277 e. The number of rotatable bonds is 3. The average molecular weight is 198 g/mol. The Morgan fingerprint density at radius 1 is 1.14 bits per heavy atom. The Hall–Kier alpha value is -0.0800. The molecule has 2 heteroatoms. The lowest BCUT2D eigenvalue weighted by molar-refractivity contribution is 0.119. The zero-order valence-electron chi connectivity index (χ0n) is 10.6. The van der Waals surface area contributed by atoms with Gasteiger partial charge in [0, 0.05) is 24.7 Å². The molecule has 1 rings (SSSR count). The molecule has 1 saturated heterocycles. The summed E-state index contributed by atoms with van der Waals surface area (Å²) < 4.78 is 0. The maximum absolute atomic E-state index is 2.66. The highest BCUT2D eigenvalue weighted by Gasteiger charge is 2.38. The summed E-state index contributed by atoms with van der Waals surface area (Å²) in [6.45, 7) is 10.6. The zero-order chi connectivity index (χ0) is 10.9. The summed E-state index contributed by atoms with van der Waals surface area (Å²) in [6, 6.07) is 2.18. The van der Waals surface area contributed by atoms with Gasteiger partial charge in [0.1, 0.15) is 0 Å². The molecule has 0 amide bonds. The van der Waals surface area contributed by atoms with E-state index in [1.165, 1.54) is 13.0 Å². The third-order valence-corrected chi connectivity index (χ3v) is 3.47. The van der Waals surface area contributed by atoms with Crippen molar-refractivity contribution < 1.29 is 0 Å². The lowest BCUT2D eigenvalue weighted by atomic mass is 9.96. The standard InChI is InChI=1S/C12H26N2/c1-9(2)12-11(13(5)6)7-8-14(12)10(3)4/h9-12H,7-8H2,1-6H3. The van der Waals surface area contributed by atoms with Gasteiger partial charge >= 0.3 is 0 Å². The van der Waals surface area contributed by atoms with E-state index in [4.69, 9.17) is 0 Å². The van der Waals surface area contributed by atoms with Crippen LogP contribution in [-0.4, -0.2) is 48.6 Å². The molecule has 0 saturated carbocycles. The van der Waals surface area contributed by atoms with Crippen LogP contribution in [0.15, 0.2) is 0 Å². The molecule has 0 bridgehead atoms. The lowest BCUT2D eigenvalue weighted by Gasteiger charge is -2.36. The molecule has 0 aromatic rings. The van der Waals surface area contributed by atoms with Crippen molar-refractivity contribution in [1.29, 1.82) is 0 Å². The normalized spacial score (nSPS) is 29.8. The van der Waals surface area contributed by atoms with Crippen molar-refractivity contribution in [2.24, 2.45) is 5.92 Å². The third kappa shape index (κ3) is 2.29. The van der Waals surface area contributed by atoms with Crippen molar-refractivity contribution in [1.82, 2.24) is 9.80 Å². The van der Waals surface area contributed by atoms with Crippen molar-refractivity contribution in [3.8, 4) is 0 Å². The van der Waals surface area contributed by atoms with Crippen LogP contribution in [0.4, 0.5) is 0 Å². The summed E-state index contributed by atoms with van der Waals surface area (Å²) in [5, 5.41) is 0. The molecule has 14 heavy (non-hydrogen) atoms. The zero-order valence-corrected chi connectivity index (χ0v) is 10.6. The predicted octanol–water partition coefficient (Wildman–Crippen LogP) is 2.06. The molecule has 1 heterocycles. The lowest BCUT2D eigenvalue weighted by Crippen LogP contribution is -2.47. The Kier molecular flexibility index (Phi) is 3.96. The molecule has 84 valence electrons. The molecule has 0 aliphatic carbocycles. The number of likely N-dealkylation sites (tertiary alicyclic amines) is 1. The first kappa shape index (κ1) is 12.0. The molecular weight excluding hydrogens is 172 g/mol. The molecule has 1 aliphatic rings. The summed E-state index contributed by atoms with van der Waals surface area (Å²) in [4.78, 5) is 5.06. The van der Waals surface area contributed by atoms with Crippen LogP contribution in [0.25, 0.3) is 0 Å². The summed E-state index contributed by atoms with van der Waals surface area (Å²) >= 11 is 0. The summed E-state index contributed by atoms with van der Waals surface area (Å²) in [6.07, 6.45) is 1.33. The first-order chi connectivity index (χ1) is 6.45. The SMILES string of the molecule is CC(C)C1C(N(C)C)CCN1C(C)C. The fourth-order valence-corrected chi connectivity index (χ4v) is 2.82. The van der Waals surface area contributed by atoms with Crippen molar-refractivity contribution in [3.05, 3.63) is 0 Å². The van der Waals surface area contributed by atoms with Crippen LogP contribution in [0, 0.1) is 5.92 Å². The van der Waals surface area contributed by atoms with Crippen LogP contribution in [0.5, 0.6) is 0 Å². The van der Waals surface area contributed by atoms with Crippen molar-refractivity contribution >= 4 is 0 Å². The maximum atomic E-state index is 2.66. The average Bonchev–Trinajstić information content (AvgIpc) is 2.46. The van der Waals surface area contributed by atoms with Gasteiger partial charge in [-0.1, -0.05) is 13.8 Å². The monoisotopic (exact) mass is 198 g/mol. The molecule has 0 spiro atoms. The Bertz CT molecular complexity index is 159. The van der Waals surface area contributed by atoms with Crippen LogP contribution in [-0.2, 0) is 0 Å². The third-order valence-electron chi connectivity index (χ3n) is 3.47. The second-order valence-electron chi connectivity index (χ2n) is 5.39. The Labute approximate surface area is 89.3 Å². The van der Waals surface area contributed by atoms with Gasteiger partial charge in [0.15, 0.2) is 0 Å². The van der Waals surface area contributed by atoms with Gasteiger partial charge in [0.25, 0.3) is 0 Å². The Morgan fingerprint density at radius 3 is 2.07 bits per heavy atom. The van der Waals surface area contributed by atoms with Gasteiger partial charge in [-0.25, -0.2) is 0 Å². The molecule has 1 fully saturated rings. The molecule has 0 aromatic heterocycles. The van der Waals surface area contributed by atoms with E-state index < -0.39 is 0 Å². The molecular formula is C12H26N2. The molecule has 2 atom stereocenters. The highest BCUT2D eigenvalue weighted by Crippen LogP contribution is 2.28. The Morgan fingerprint density at radius 2 is 1.71 bits per heavy atom. The second kappa shape index (κ2) is 4.63. The molecule has 2 unspecified atom stereocenters. The number of nitrogens with zero attached hydrogens (tertiary/aromatic N) is 2. The van der Waals surface area contributed by atoms with Gasteiger partial charge in [0.2, 0.25) is 0 Å². The van der Waals surface area contributed by atoms with Crippen LogP contribution in [0.1, 0.15) is 34.1 Å². The van der Waals surface area contributed by atoms with Gasteiger partial charge in [-0.15, -0.1) is 0 Å². The van der Waals surface area contributed by atoms with Crippen molar-refractivity contribution in [2.45, 2.75) is 52.2 Å². The van der Waals surface area contributed by atoms with Gasteiger partial charge in [-0.3, -0.25) is 4.90 Å². The van der Waals surface area contributed by atoms with Crippen LogP contribution in [0.2, 0.25) is 0 Å². The second-order valence-corrected chi connectivity index (χ2v) is 5.39. The highest BCUT2D eigenvalue weighted by molar-refractivity contribution is 4.94. The smallest absolute Gasteiger partial charge is 0.0277 e. The largest absolute Gasteiger partial charge is 0.305 e. The number of hydrogen-bond acceptors (Lipinski definition) is 2. The van der Waals surface area contributed by atoms with E-state index in [0.29, 0.717) is 6.04 Å². The number of hydrogen-bond donors (Lipinski definition) is 0. The van der Waals surface area contributed by atoms with E-state index in [-0.39, 0.29) is 0 Å². The summed E-state index contributed by atoms with van der Waals surface area (Å²) in [7, 11) is 4.42. The first-order valence-electron chi connectivity index (χ1n) is 5.87. The van der Waals surface area contributed by atoms with Crippen LogP contribution in [0.3, 0.4) is 0 Å².